The third-order valence-electron chi connectivity index (χ3n) is 3.26. The minimum atomic E-state index is -4.43. The van der Waals surface area contributed by atoms with Crippen LogP contribution in [0.15, 0.2) is 29.4 Å². The fraction of sp³-hybridized carbons (Fsp3) is 0.400. The van der Waals surface area contributed by atoms with E-state index in [0.717, 1.165) is 22.9 Å². The fourth-order valence-corrected chi connectivity index (χ4v) is 2.75. The second-order valence-electron chi connectivity index (χ2n) is 5.32. The number of amides is 1. The summed E-state index contributed by atoms with van der Waals surface area (Å²) in [6.45, 7) is 2.16. The number of alkyl halides is 3. The molecule has 2 aromatic rings. The zero-order chi connectivity index (χ0) is 17.9. The predicted molar refractivity (Wildman–Crippen MR) is 85.6 cm³/mol. The molecule has 1 aromatic carbocycles. The van der Waals surface area contributed by atoms with Crippen LogP contribution in [-0.2, 0) is 11.8 Å². The van der Waals surface area contributed by atoms with Gasteiger partial charge in [-0.15, -0.1) is 10.2 Å². The number of carbonyl (C=O) groups excluding carboxylic acids is 1. The molecule has 1 unspecified atom stereocenters. The highest BCUT2D eigenvalue weighted by molar-refractivity contribution is 8.00. The van der Waals surface area contributed by atoms with Crippen molar-refractivity contribution in [2.45, 2.75) is 30.4 Å². The van der Waals surface area contributed by atoms with Gasteiger partial charge in [0.25, 0.3) is 0 Å². The van der Waals surface area contributed by atoms with E-state index in [0.29, 0.717) is 11.0 Å². The summed E-state index contributed by atoms with van der Waals surface area (Å²) in [7, 11) is 1.75. The van der Waals surface area contributed by atoms with Crippen LogP contribution in [0.1, 0.15) is 12.5 Å². The van der Waals surface area contributed by atoms with Crippen molar-refractivity contribution in [3.63, 3.8) is 0 Å². The van der Waals surface area contributed by atoms with Crippen LogP contribution < -0.4 is 5.32 Å². The van der Waals surface area contributed by atoms with Crippen molar-refractivity contribution in [1.82, 2.24) is 20.1 Å². The maximum Gasteiger partial charge on any atom is 0.405 e. The third kappa shape index (κ3) is 4.73. The van der Waals surface area contributed by atoms with Gasteiger partial charge in [-0.3, -0.25) is 4.79 Å². The van der Waals surface area contributed by atoms with Crippen LogP contribution in [0.5, 0.6) is 0 Å². The van der Waals surface area contributed by atoms with Crippen LogP contribution >= 0.6 is 11.8 Å². The summed E-state index contributed by atoms with van der Waals surface area (Å²) in [5, 5.41) is 9.72. The molecule has 9 heteroatoms. The maximum atomic E-state index is 12.1. The Kier molecular flexibility index (Phi) is 5.53. The van der Waals surface area contributed by atoms with Gasteiger partial charge in [0.2, 0.25) is 5.91 Å². The molecule has 0 fully saturated rings. The Morgan fingerprint density at radius 3 is 2.50 bits per heavy atom. The Labute approximate surface area is 141 Å². The number of aryl methyl sites for hydroxylation is 1. The average molecular weight is 358 g/mol. The highest BCUT2D eigenvalue weighted by Crippen LogP contribution is 2.26. The molecule has 0 aliphatic rings. The van der Waals surface area contributed by atoms with Gasteiger partial charge < -0.3 is 9.88 Å². The van der Waals surface area contributed by atoms with Crippen molar-refractivity contribution >= 4 is 17.7 Å². The number of benzene rings is 1. The minimum absolute atomic E-state index is 0.459. The van der Waals surface area contributed by atoms with E-state index in [2.05, 4.69) is 10.2 Å². The lowest BCUT2D eigenvalue weighted by molar-refractivity contribution is -0.137. The summed E-state index contributed by atoms with van der Waals surface area (Å²) in [5.41, 5.74) is 1.99. The van der Waals surface area contributed by atoms with Crippen molar-refractivity contribution in [3.8, 4) is 11.4 Å². The first-order valence-corrected chi connectivity index (χ1v) is 8.03. The van der Waals surface area contributed by atoms with Gasteiger partial charge in [0.05, 0.1) is 5.25 Å². The normalized spacial score (nSPS) is 12.9. The number of halogens is 3. The molecule has 0 spiro atoms. The lowest BCUT2D eigenvalue weighted by Crippen LogP contribution is -2.38. The Balaban J connectivity index is 2.05. The van der Waals surface area contributed by atoms with Gasteiger partial charge in [0.1, 0.15) is 6.54 Å². The predicted octanol–water partition coefficient (Wildman–Crippen LogP) is 2.95. The molecule has 0 aliphatic carbocycles. The highest BCUT2D eigenvalue weighted by Gasteiger charge is 2.29. The monoisotopic (exact) mass is 358 g/mol. The van der Waals surface area contributed by atoms with Crippen molar-refractivity contribution in [2.75, 3.05) is 6.54 Å². The summed E-state index contributed by atoms with van der Waals surface area (Å²) in [6, 6.07) is 7.72. The molecule has 1 atom stereocenters. The van der Waals surface area contributed by atoms with E-state index in [9.17, 15) is 18.0 Å². The van der Waals surface area contributed by atoms with Crippen molar-refractivity contribution in [2.24, 2.45) is 7.05 Å². The highest BCUT2D eigenvalue weighted by atomic mass is 32.2. The molecule has 0 aliphatic heterocycles. The topological polar surface area (TPSA) is 59.8 Å². The molecule has 1 heterocycles. The van der Waals surface area contributed by atoms with E-state index in [1.165, 1.54) is 6.92 Å². The number of nitrogens with one attached hydrogen (secondary N) is 1. The van der Waals surface area contributed by atoms with Gasteiger partial charge in [0.15, 0.2) is 11.0 Å². The smallest absolute Gasteiger partial charge is 0.346 e. The number of thioether (sulfide) groups is 1. The Bertz CT molecular complexity index is 712. The van der Waals surface area contributed by atoms with Gasteiger partial charge in [-0.2, -0.15) is 13.2 Å². The van der Waals surface area contributed by atoms with Gasteiger partial charge >= 0.3 is 6.18 Å². The van der Waals surface area contributed by atoms with Crippen LogP contribution in [0.25, 0.3) is 11.4 Å². The molecular weight excluding hydrogens is 341 g/mol. The summed E-state index contributed by atoms with van der Waals surface area (Å²) in [5.74, 6) is -0.0717. The van der Waals surface area contributed by atoms with E-state index < -0.39 is 23.9 Å². The van der Waals surface area contributed by atoms with Crippen molar-refractivity contribution in [3.05, 3.63) is 29.8 Å². The molecule has 0 radical (unpaired) electrons. The third-order valence-corrected chi connectivity index (χ3v) is 4.39. The van der Waals surface area contributed by atoms with E-state index in [4.69, 9.17) is 0 Å². The molecule has 2 rings (SSSR count). The summed E-state index contributed by atoms with van der Waals surface area (Å²) >= 11 is 1.06. The molecule has 130 valence electrons. The zero-order valence-corrected chi connectivity index (χ0v) is 14.2. The van der Waals surface area contributed by atoms with Gasteiger partial charge in [-0.25, -0.2) is 0 Å². The standard InChI is InChI=1S/C15H17F3N4OS/c1-9-4-6-11(7-5-9)12-20-21-14(22(12)3)24-10(2)13(23)19-8-15(16,17)18/h4-7,10H,8H2,1-3H3,(H,19,23). The molecule has 1 amide bonds. The van der Waals surface area contributed by atoms with Crippen LogP contribution in [0.4, 0.5) is 13.2 Å². The zero-order valence-electron chi connectivity index (χ0n) is 13.4. The van der Waals surface area contributed by atoms with Crippen LogP contribution in [0.2, 0.25) is 0 Å². The first-order chi connectivity index (χ1) is 11.2. The molecule has 5 nitrogen and oxygen atoms in total. The van der Waals surface area contributed by atoms with Gasteiger partial charge in [-0.05, 0) is 13.8 Å². The molecule has 0 saturated heterocycles. The van der Waals surface area contributed by atoms with E-state index >= 15 is 0 Å². The maximum absolute atomic E-state index is 12.1. The molecule has 1 aromatic heterocycles. The molecule has 1 N–H and O–H groups in total. The molecular formula is C15H17F3N4OS. The van der Waals surface area contributed by atoms with E-state index in [1.54, 1.807) is 11.6 Å². The summed E-state index contributed by atoms with van der Waals surface area (Å²) < 4.78 is 38.1. The second-order valence-corrected chi connectivity index (χ2v) is 6.63. The number of nitrogens with zero attached hydrogens (tertiary/aromatic N) is 3. The first kappa shape index (κ1) is 18.3. The quantitative estimate of drug-likeness (QED) is 0.835. The number of hydrogen-bond donors (Lipinski definition) is 1. The Hall–Kier alpha value is -2.03. The van der Waals surface area contributed by atoms with E-state index in [-0.39, 0.29) is 0 Å². The lowest BCUT2D eigenvalue weighted by Gasteiger charge is -2.13. The first-order valence-electron chi connectivity index (χ1n) is 7.15. The summed E-state index contributed by atoms with van der Waals surface area (Å²) in [6.07, 6.45) is -4.43. The van der Waals surface area contributed by atoms with Crippen molar-refractivity contribution in [1.29, 1.82) is 0 Å². The van der Waals surface area contributed by atoms with Crippen LogP contribution in [0.3, 0.4) is 0 Å². The Morgan fingerprint density at radius 1 is 1.29 bits per heavy atom. The van der Waals surface area contributed by atoms with Crippen LogP contribution in [-0.4, -0.2) is 38.6 Å². The van der Waals surface area contributed by atoms with Gasteiger partial charge in [0, 0.05) is 12.6 Å². The van der Waals surface area contributed by atoms with E-state index in [1.807, 2.05) is 36.5 Å². The largest absolute Gasteiger partial charge is 0.405 e. The SMILES string of the molecule is Cc1ccc(-c2nnc(SC(C)C(=O)NCC(F)(F)F)n2C)cc1. The number of rotatable bonds is 5. The summed E-state index contributed by atoms with van der Waals surface area (Å²) in [4.78, 5) is 11.7. The lowest BCUT2D eigenvalue weighted by atomic mass is 10.1. The molecule has 0 bridgehead atoms. The van der Waals surface area contributed by atoms with Crippen LogP contribution in [0, 0.1) is 6.92 Å². The second kappa shape index (κ2) is 7.25. The number of aromatic nitrogens is 3. The molecule has 0 saturated carbocycles. The minimum Gasteiger partial charge on any atom is -0.346 e. The number of carbonyl (C=O) groups is 1. The number of hydrogen-bond acceptors (Lipinski definition) is 4. The average Bonchev–Trinajstić information content (AvgIpc) is 2.86. The fourth-order valence-electron chi connectivity index (χ4n) is 1.91. The Morgan fingerprint density at radius 2 is 1.92 bits per heavy atom. The van der Waals surface area contributed by atoms with Gasteiger partial charge in [-0.1, -0.05) is 41.6 Å². The van der Waals surface area contributed by atoms with Crippen molar-refractivity contribution < 1.29 is 18.0 Å². The molecule has 24 heavy (non-hydrogen) atoms.